The number of rotatable bonds is 2. The Morgan fingerprint density at radius 1 is 1.25 bits per heavy atom. The van der Waals surface area contributed by atoms with E-state index in [4.69, 9.17) is 4.74 Å². The Hall–Kier alpha value is -2.21. The van der Waals surface area contributed by atoms with Gasteiger partial charge in [-0.1, -0.05) is 0 Å². The molecule has 1 aromatic carbocycles. The second-order valence-electron chi connectivity index (χ2n) is 4.19. The maximum absolute atomic E-state index is 12.1. The number of ether oxygens (including phenoxy) is 1. The third-order valence-corrected chi connectivity index (χ3v) is 3.32. The fraction of sp³-hybridized carbons (Fsp3) is 0.0714. The molecular weight excluding hydrogens is 322 g/mol. The monoisotopic (exact) mass is 331 g/mol. The number of aromatic nitrogens is 3. The van der Waals surface area contributed by atoms with Crippen molar-refractivity contribution >= 4 is 26.8 Å². The SMILES string of the molecule is COc1ccc2nc(-c3cncc(Br)c3)[nH]c(=O)c2c1. The van der Waals surface area contributed by atoms with Gasteiger partial charge in [0.2, 0.25) is 0 Å². The number of nitrogens with zero attached hydrogens (tertiary/aromatic N) is 2. The van der Waals surface area contributed by atoms with E-state index in [0.717, 1.165) is 10.0 Å². The number of benzene rings is 1. The van der Waals surface area contributed by atoms with Crippen molar-refractivity contribution < 1.29 is 4.74 Å². The van der Waals surface area contributed by atoms with Gasteiger partial charge in [0.05, 0.1) is 18.0 Å². The molecule has 0 aliphatic rings. The molecule has 100 valence electrons. The van der Waals surface area contributed by atoms with E-state index in [1.807, 2.05) is 6.07 Å². The van der Waals surface area contributed by atoms with Crippen molar-refractivity contribution in [1.29, 1.82) is 0 Å². The van der Waals surface area contributed by atoms with E-state index >= 15 is 0 Å². The molecule has 0 saturated heterocycles. The zero-order valence-electron chi connectivity index (χ0n) is 10.6. The topological polar surface area (TPSA) is 67.9 Å². The van der Waals surface area contributed by atoms with Gasteiger partial charge in [-0.05, 0) is 40.2 Å². The maximum atomic E-state index is 12.1. The molecule has 0 amide bonds. The lowest BCUT2D eigenvalue weighted by atomic mass is 10.2. The molecule has 0 aliphatic heterocycles. The van der Waals surface area contributed by atoms with E-state index in [1.165, 1.54) is 0 Å². The lowest BCUT2D eigenvalue weighted by Crippen LogP contribution is -2.09. The predicted octanol–water partition coefficient (Wildman–Crippen LogP) is 2.76. The van der Waals surface area contributed by atoms with Crippen molar-refractivity contribution in [3.8, 4) is 17.1 Å². The Morgan fingerprint density at radius 3 is 2.85 bits per heavy atom. The van der Waals surface area contributed by atoms with E-state index < -0.39 is 0 Å². The summed E-state index contributed by atoms with van der Waals surface area (Å²) in [7, 11) is 1.56. The number of hydrogen-bond acceptors (Lipinski definition) is 4. The summed E-state index contributed by atoms with van der Waals surface area (Å²) in [5, 5.41) is 0.496. The number of halogens is 1. The average Bonchev–Trinajstić information content (AvgIpc) is 2.47. The molecule has 1 N–H and O–H groups in total. The van der Waals surface area contributed by atoms with Gasteiger partial charge in [-0.15, -0.1) is 0 Å². The highest BCUT2D eigenvalue weighted by Crippen LogP contribution is 2.21. The molecule has 5 nitrogen and oxygen atoms in total. The molecule has 6 heteroatoms. The van der Waals surface area contributed by atoms with Crippen molar-refractivity contribution in [3.63, 3.8) is 0 Å². The number of hydrogen-bond donors (Lipinski definition) is 1. The van der Waals surface area contributed by atoms with E-state index in [-0.39, 0.29) is 5.56 Å². The maximum Gasteiger partial charge on any atom is 0.259 e. The van der Waals surface area contributed by atoms with Gasteiger partial charge >= 0.3 is 0 Å². The molecule has 0 bridgehead atoms. The molecule has 0 saturated carbocycles. The van der Waals surface area contributed by atoms with Crippen LogP contribution in [0.25, 0.3) is 22.3 Å². The van der Waals surface area contributed by atoms with Crippen LogP contribution in [0.15, 0.2) is 45.9 Å². The van der Waals surface area contributed by atoms with Crippen LogP contribution >= 0.6 is 15.9 Å². The summed E-state index contributed by atoms with van der Waals surface area (Å²) in [4.78, 5) is 23.4. The summed E-state index contributed by atoms with van der Waals surface area (Å²) < 4.78 is 5.94. The summed E-state index contributed by atoms with van der Waals surface area (Å²) in [5.41, 5.74) is 1.16. The number of methoxy groups -OCH3 is 1. The van der Waals surface area contributed by atoms with E-state index in [1.54, 1.807) is 37.7 Å². The first-order valence-corrected chi connectivity index (χ1v) is 6.65. The lowest BCUT2D eigenvalue weighted by Gasteiger charge is -2.05. The van der Waals surface area contributed by atoms with Crippen LogP contribution in [-0.2, 0) is 0 Å². The summed E-state index contributed by atoms with van der Waals surface area (Å²) in [6.45, 7) is 0. The van der Waals surface area contributed by atoms with Gasteiger partial charge < -0.3 is 9.72 Å². The molecule has 2 heterocycles. The van der Waals surface area contributed by atoms with Gasteiger partial charge in [0.1, 0.15) is 11.6 Å². The van der Waals surface area contributed by atoms with E-state index in [2.05, 4.69) is 30.9 Å². The van der Waals surface area contributed by atoms with Crippen LogP contribution in [0.4, 0.5) is 0 Å². The molecule has 0 unspecified atom stereocenters. The van der Waals surface area contributed by atoms with Crippen LogP contribution in [0.1, 0.15) is 0 Å². The van der Waals surface area contributed by atoms with Crippen molar-refractivity contribution in [3.05, 3.63) is 51.5 Å². The number of H-pyrrole nitrogens is 1. The molecule has 3 aromatic rings. The standard InChI is InChI=1S/C14H10BrN3O2/c1-20-10-2-3-12-11(5-10)14(19)18-13(17-12)8-4-9(15)7-16-6-8/h2-7H,1H3,(H,17,18,19). The van der Waals surface area contributed by atoms with Crippen LogP contribution in [0.2, 0.25) is 0 Å². The zero-order chi connectivity index (χ0) is 14.1. The Morgan fingerprint density at radius 2 is 2.10 bits per heavy atom. The van der Waals surface area contributed by atoms with Crippen molar-refractivity contribution in [2.45, 2.75) is 0 Å². The Labute approximate surface area is 122 Å². The first-order valence-electron chi connectivity index (χ1n) is 5.86. The Balaban J connectivity index is 2.22. The highest BCUT2D eigenvalue weighted by molar-refractivity contribution is 9.10. The minimum Gasteiger partial charge on any atom is -0.497 e. The first kappa shape index (κ1) is 12.8. The van der Waals surface area contributed by atoms with Crippen LogP contribution < -0.4 is 10.3 Å². The van der Waals surface area contributed by atoms with Gasteiger partial charge in [-0.2, -0.15) is 0 Å². The average molecular weight is 332 g/mol. The predicted molar refractivity (Wildman–Crippen MR) is 79.8 cm³/mol. The van der Waals surface area contributed by atoms with Crippen molar-refractivity contribution in [1.82, 2.24) is 15.0 Å². The lowest BCUT2D eigenvalue weighted by molar-refractivity contribution is 0.415. The highest BCUT2D eigenvalue weighted by Gasteiger charge is 2.07. The largest absolute Gasteiger partial charge is 0.497 e. The molecule has 0 radical (unpaired) electrons. The number of aromatic amines is 1. The minimum atomic E-state index is -0.205. The minimum absolute atomic E-state index is 0.205. The smallest absolute Gasteiger partial charge is 0.259 e. The number of fused-ring (bicyclic) bond motifs is 1. The number of pyridine rings is 1. The summed E-state index contributed by atoms with van der Waals surface area (Å²) in [6.07, 6.45) is 3.33. The van der Waals surface area contributed by atoms with E-state index in [0.29, 0.717) is 22.5 Å². The highest BCUT2D eigenvalue weighted by atomic mass is 79.9. The van der Waals surface area contributed by atoms with Crippen LogP contribution in [-0.4, -0.2) is 22.1 Å². The third kappa shape index (κ3) is 2.30. The molecule has 0 atom stereocenters. The van der Waals surface area contributed by atoms with Crippen molar-refractivity contribution in [2.75, 3.05) is 7.11 Å². The molecule has 3 rings (SSSR count). The van der Waals surface area contributed by atoms with Crippen LogP contribution in [0.5, 0.6) is 5.75 Å². The molecule has 20 heavy (non-hydrogen) atoms. The quantitative estimate of drug-likeness (QED) is 0.784. The number of nitrogens with one attached hydrogen (secondary N) is 1. The Kier molecular flexibility index (Phi) is 3.23. The Bertz CT molecular complexity index is 845. The fourth-order valence-electron chi connectivity index (χ4n) is 1.92. The van der Waals surface area contributed by atoms with Crippen LogP contribution in [0.3, 0.4) is 0 Å². The van der Waals surface area contributed by atoms with Crippen molar-refractivity contribution in [2.24, 2.45) is 0 Å². The second kappa shape index (κ2) is 5.05. The molecular formula is C14H10BrN3O2. The first-order chi connectivity index (χ1) is 9.67. The van der Waals surface area contributed by atoms with Crippen LogP contribution in [0, 0.1) is 0 Å². The van der Waals surface area contributed by atoms with E-state index in [9.17, 15) is 4.79 Å². The molecule has 0 fully saturated rings. The molecule has 2 aromatic heterocycles. The molecule has 0 spiro atoms. The normalized spacial score (nSPS) is 10.7. The van der Waals surface area contributed by atoms with Gasteiger partial charge in [-0.3, -0.25) is 9.78 Å². The second-order valence-corrected chi connectivity index (χ2v) is 5.11. The van der Waals surface area contributed by atoms with Gasteiger partial charge in [-0.25, -0.2) is 4.98 Å². The molecule has 0 aliphatic carbocycles. The van der Waals surface area contributed by atoms with Gasteiger partial charge in [0, 0.05) is 22.4 Å². The van der Waals surface area contributed by atoms with Gasteiger partial charge in [0.15, 0.2) is 0 Å². The summed E-state index contributed by atoms with van der Waals surface area (Å²) in [6, 6.07) is 7.06. The summed E-state index contributed by atoms with van der Waals surface area (Å²) in [5.74, 6) is 1.11. The third-order valence-electron chi connectivity index (χ3n) is 2.89. The zero-order valence-corrected chi connectivity index (χ0v) is 12.1. The summed E-state index contributed by atoms with van der Waals surface area (Å²) >= 11 is 3.35. The van der Waals surface area contributed by atoms with Gasteiger partial charge in [0.25, 0.3) is 5.56 Å². The fourth-order valence-corrected chi connectivity index (χ4v) is 2.29.